The molecule has 0 amide bonds. The third-order valence-electron chi connectivity index (χ3n) is 11.5. The Bertz CT molecular complexity index is 3420. The number of hydrogen-bond acceptors (Lipinski definition) is 3. The van der Waals surface area contributed by atoms with Gasteiger partial charge in [-0.05, 0) is 77.9 Å². The number of aromatic nitrogens is 2. The van der Waals surface area contributed by atoms with E-state index in [0.717, 1.165) is 83.5 Å². The van der Waals surface area contributed by atoms with Crippen molar-refractivity contribution < 1.29 is 4.42 Å². The summed E-state index contributed by atoms with van der Waals surface area (Å²) in [4.78, 5) is 5.12. The second-order valence-electron chi connectivity index (χ2n) is 14.8. The molecule has 1 aliphatic heterocycles. The van der Waals surface area contributed by atoms with Gasteiger partial charge in [-0.2, -0.15) is 0 Å². The van der Waals surface area contributed by atoms with Crippen LogP contribution in [0.15, 0.2) is 204 Å². The quantitative estimate of drug-likeness (QED) is 0.192. The second-order valence-corrected chi connectivity index (χ2v) is 14.8. The van der Waals surface area contributed by atoms with E-state index in [2.05, 4.69) is 190 Å². The molecule has 11 aromatic rings. The van der Waals surface area contributed by atoms with E-state index in [1.807, 2.05) is 18.2 Å². The molecule has 5 heteroatoms. The van der Waals surface area contributed by atoms with Gasteiger partial charge in [-0.1, -0.05) is 127 Å². The first-order valence-corrected chi connectivity index (χ1v) is 19.4. The van der Waals surface area contributed by atoms with E-state index >= 15 is 0 Å². The minimum Gasteiger partial charge on any atom is -0.455 e. The molecular weight excluding hydrogens is 697 g/mol. The Hall–Kier alpha value is -7.63. The van der Waals surface area contributed by atoms with Gasteiger partial charge < -0.3 is 18.9 Å². The number of amidine groups is 1. The molecule has 0 saturated heterocycles. The fourth-order valence-electron chi connectivity index (χ4n) is 9.03. The summed E-state index contributed by atoms with van der Waals surface area (Å²) in [7, 11) is 0. The SMILES string of the molecule is C1=C(c2ccccc2)N=C(c2ccccc2)NC1c1cccc(-n2c3ccccc3c3c2ccc2c4c5oc6ccccc6c5ccc4n(-c4ccccc4)c23)c1. The molecule has 1 aliphatic rings. The van der Waals surface area contributed by atoms with E-state index in [-0.39, 0.29) is 6.04 Å². The molecule has 0 spiro atoms. The number of aliphatic imine (C=N–C) groups is 1. The summed E-state index contributed by atoms with van der Waals surface area (Å²) in [6.45, 7) is 0. The second kappa shape index (κ2) is 12.4. The summed E-state index contributed by atoms with van der Waals surface area (Å²) in [6.07, 6.45) is 2.24. The van der Waals surface area contributed by atoms with Crippen molar-refractivity contribution in [2.45, 2.75) is 6.04 Å². The lowest BCUT2D eigenvalue weighted by atomic mass is 10.00. The summed E-state index contributed by atoms with van der Waals surface area (Å²) < 4.78 is 11.6. The van der Waals surface area contributed by atoms with Gasteiger partial charge in [0.15, 0.2) is 0 Å². The van der Waals surface area contributed by atoms with E-state index in [9.17, 15) is 0 Å². The van der Waals surface area contributed by atoms with Crippen molar-refractivity contribution in [3.63, 3.8) is 0 Å². The number of rotatable bonds is 5. The average molecular weight is 731 g/mol. The van der Waals surface area contributed by atoms with Crippen LogP contribution in [0.4, 0.5) is 0 Å². The Kier molecular flexibility index (Phi) is 6.92. The van der Waals surface area contributed by atoms with E-state index in [0.29, 0.717) is 0 Å². The highest BCUT2D eigenvalue weighted by atomic mass is 16.3. The van der Waals surface area contributed by atoms with E-state index in [1.54, 1.807) is 0 Å². The average Bonchev–Trinajstić information content (AvgIpc) is 3.95. The van der Waals surface area contributed by atoms with Crippen LogP contribution in [0.3, 0.4) is 0 Å². The first-order valence-electron chi connectivity index (χ1n) is 19.4. The number of furan rings is 1. The lowest BCUT2D eigenvalue weighted by Gasteiger charge is -2.25. The van der Waals surface area contributed by atoms with Crippen LogP contribution in [0.25, 0.3) is 82.6 Å². The molecule has 57 heavy (non-hydrogen) atoms. The van der Waals surface area contributed by atoms with Gasteiger partial charge in [0.1, 0.15) is 17.0 Å². The normalized spacial score (nSPS) is 14.5. The van der Waals surface area contributed by atoms with Crippen molar-refractivity contribution in [2.24, 2.45) is 4.99 Å². The van der Waals surface area contributed by atoms with Crippen molar-refractivity contribution in [3.05, 3.63) is 211 Å². The minimum absolute atomic E-state index is 0.0977. The molecule has 1 N–H and O–H groups in total. The van der Waals surface area contributed by atoms with Crippen LogP contribution in [-0.2, 0) is 0 Å². The molecule has 0 saturated carbocycles. The van der Waals surface area contributed by atoms with E-state index in [1.165, 1.54) is 21.7 Å². The Morgan fingerprint density at radius 1 is 0.474 bits per heavy atom. The van der Waals surface area contributed by atoms with Gasteiger partial charge in [0.2, 0.25) is 0 Å². The molecule has 0 aliphatic carbocycles. The lowest BCUT2D eigenvalue weighted by Crippen LogP contribution is -2.31. The highest BCUT2D eigenvalue weighted by molar-refractivity contribution is 6.31. The maximum atomic E-state index is 6.70. The van der Waals surface area contributed by atoms with Crippen LogP contribution in [-0.4, -0.2) is 15.0 Å². The summed E-state index contributed by atoms with van der Waals surface area (Å²) in [5.41, 5.74) is 12.9. The maximum absolute atomic E-state index is 6.70. The van der Waals surface area contributed by atoms with Gasteiger partial charge in [0.25, 0.3) is 0 Å². The first kappa shape index (κ1) is 31.7. The number of nitrogens with zero attached hydrogens (tertiary/aromatic N) is 3. The molecule has 12 rings (SSSR count). The Morgan fingerprint density at radius 3 is 1.93 bits per heavy atom. The van der Waals surface area contributed by atoms with Gasteiger partial charge in [-0.25, -0.2) is 4.99 Å². The molecule has 8 aromatic carbocycles. The Morgan fingerprint density at radius 2 is 1.12 bits per heavy atom. The fraction of sp³-hybridized carbons (Fsp3) is 0.0192. The van der Waals surface area contributed by atoms with Gasteiger partial charge in [0.05, 0.1) is 39.2 Å². The molecular formula is C52H34N4O. The van der Waals surface area contributed by atoms with Crippen LogP contribution < -0.4 is 5.32 Å². The zero-order chi connectivity index (χ0) is 37.5. The van der Waals surface area contributed by atoms with Crippen LogP contribution >= 0.6 is 0 Å². The summed E-state index contributed by atoms with van der Waals surface area (Å²) in [5.74, 6) is 0.860. The van der Waals surface area contributed by atoms with Crippen LogP contribution in [0.1, 0.15) is 22.7 Å². The third kappa shape index (κ3) is 4.85. The standard InChI is InChI=1S/C52H34N4O/c1-4-15-33(16-5-1)42-32-43(54-52(53-42)34-17-6-2-7-18-34)35-19-14-22-37(31-35)55-44-25-12-10-24-40(44)48-45(55)30-28-41-49-46(56(50(41)48)36-20-8-3-9-21-36)29-27-39-38-23-11-13-26-47(38)57-51(39)49/h1-32,43H,(H,53,54). The van der Waals surface area contributed by atoms with E-state index < -0.39 is 0 Å². The summed E-state index contributed by atoms with van der Waals surface area (Å²) in [6, 6.07) is 66.6. The molecule has 268 valence electrons. The monoisotopic (exact) mass is 730 g/mol. The predicted octanol–water partition coefficient (Wildman–Crippen LogP) is 12.9. The van der Waals surface area contributed by atoms with Crippen molar-refractivity contribution >= 4 is 77.1 Å². The van der Waals surface area contributed by atoms with Crippen LogP contribution in [0, 0.1) is 0 Å². The van der Waals surface area contributed by atoms with Crippen molar-refractivity contribution in [2.75, 3.05) is 0 Å². The van der Waals surface area contributed by atoms with Crippen molar-refractivity contribution in [1.29, 1.82) is 0 Å². The smallest absolute Gasteiger partial charge is 0.145 e. The molecule has 0 bridgehead atoms. The third-order valence-corrected chi connectivity index (χ3v) is 11.5. The zero-order valence-electron chi connectivity index (χ0n) is 30.8. The number of nitrogens with one attached hydrogen (secondary N) is 1. The molecule has 1 unspecified atom stereocenters. The largest absolute Gasteiger partial charge is 0.455 e. The molecule has 0 radical (unpaired) electrons. The van der Waals surface area contributed by atoms with Gasteiger partial charge >= 0.3 is 0 Å². The highest BCUT2D eigenvalue weighted by Crippen LogP contribution is 2.45. The summed E-state index contributed by atoms with van der Waals surface area (Å²) >= 11 is 0. The predicted molar refractivity (Wildman–Crippen MR) is 236 cm³/mol. The maximum Gasteiger partial charge on any atom is 0.145 e. The highest BCUT2D eigenvalue weighted by Gasteiger charge is 2.25. The summed E-state index contributed by atoms with van der Waals surface area (Å²) in [5, 5.41) is 10.7. The number of para-hydroxylation sites is 3. The topological polar surface area (TPSA) is 47.4 Å². The molecule has 0 fully saturated rings. The lowest BCUT2D eigenvalue weighted by molar-refractivity contribution is 0.673. The van der Waals surface area contributed by atoms with E-state index in [4.69, 9.17) is 9.41 Å². The van der Waals surface area contributed by atoms with Gasteiger partial charge in [-0.15, -0.1) is 0 Å². The van der Waals surface area contributed by atoms with Crippen LogP contribution in [0.2, 0.25) is 0 Å². The first-order chi connectivity index (χ1) is 28.3. The van der Waals surface area contributed by atoms with Crippen LogP contribution in [0.5, 0.6) is 0 Å². The molecule has 5 nitrogen and oxygen atoms in total. The number of hydrogen-bond donors (Lipinski definition) is 1. The molecule has 4 heterocycles. The Labute approximate surface area is 328 Å². The van der Waals surface area contributed by atoms with Gasteiger partial charge in [-0.3, -0.25) is 0 Å². The number of benzene rings is 8. The van der Waals surface area contributed by atoms with Gasteiger partial charge in [0, 0.05) is 43.9 Å². The zero-order valence-corrected chi connectivity index (χ0v) is 30.8. The van der Waals surface area contributed by atoms with Crippen molar-refractivity contribution in [1.82, 2.24) is 14.5 Å². The molecule has 1 atom stereocenters. The minimum atomic E-state index is -0.0977. The Balaban J connectivity index is 1.10. The fourth-order valence-corrected chi connectivity index (χ4v) is 9.03. The number of fused-ring (bicyclic) bond motifs is 11. The van der Waals surface area contributed by atoms with Crippen molar-refractivity contribution in [3.8, 4) is 11.4 Å². The molecule has 3 aromatic heterocycles.